The Morgan fingerprint density at radius 1 is 0.970 bits per heavy atom. The van der Waals surface area contributed by atoms with E-state index in [1.807, 2.05) is 0 Å². The number of carbonyl (C=O) groups excluding carboxylic acids is 3. The van der Waals surface area contributed by atoms with Crippen LogP contribution in [0.4, 0.5) is 9.18 Å². The van der Waals surface area contributed by atoms with Crippen LogP contribution in [0, 0.1) is 5.82 Å². The quantitative estimate of drug-likeness (QED) is 0.585. The first kappa shape index (κ1) is 23.6. The first-order chi connectivity index (χ1) is 15.9. The molecule has 0 aromatic heterocycles. The standard InChI is InChI=1S/C23H23FN2O7/c1-4-32-22(28)19-18(12-33-21(27)16-10-9-15(31-3)11-17(16)24)25-23(29)26-20(19)13-5-7-14(30-2)8-6-13/h5-11,20H,4,12H2,1-3H3,(H2,25,26,29). The SMILES string of the molecule is CCOC(=O)C1=C(COC(=O)c2ccc(OC)cc2F)NC(=O)NC1c1ccc(OC)cc1. The Kier molecular flexibility index (Phi) is 7.50. The average Bonchev–Trinajstić information content (AvgIpc) is 2.82. The van der Waals surface area contributed by atoms with Crippen LogP contribution in [-0.4, -0.2) is 45.4 Å². The molecule has 33 heavy (non-hydrogen) atoms. The Labute approximate surface area is 189 Å². The van der Waals surface area contributed by atoms with Gasteiger partial charge in [-0.05, 0) is 36.8 Å². The number of amides is 2. The van der Waals surface area contributed by atoms with E-state index in [9.17, 15) is 18.8 Å². The number of halogens is 1. The van der Waals surface area contributed by atoms with Crippen molar-refractivity contribution >= 4 is 18.0 Å². The Morgan fingerprint density at radius 3 is 2.24 bits per heavy atom. The van der Waals surface area contributed by atoms with Crippen molar-refractivity contribution in [1.82, 2.24) is 10.6 Å². The van der Waals surface area contributed by atoms with Crippen LogP contribution in [0.2, 0.25) is 0 Å². The number of esters is 2. The van der Waals surface area contributed by atoms with Crippen LogP contribution in [-0.2, 0) is 14.3 Å². The predicted octanol–water partition coefficient (Wildman–Crippen LogP) is 2.87. The number of urea groups is 1. The van der Waals surface area contributed by atoms with Gasteiger partial charge in [-0.25, -0.2) is 18.8 Å². The number of hydrogen-bond acceptors (Lipinski definition) is 7. The maximum Gasteiger partial charge on any atom is 0.341 e. The van der Waals surface area contributed by atoms with Gasteiger partial charge in [0, 0.05) is 6.07 Å². The number of hydrogen-bond donors (Lipinski definition) is 2. The summed E-state index contributed by atoms with van der Waals surface area (Å²) >= 11 is 0. The molecule has 10 heteroatoms. The second kappa shape index (κ2) is 10.5. The van der Waals surface area contributed by atoms with Crippen LogP contribution in [0.25, 0.3) is 0 Å². The normalized spacial score (nSPS) is 15.3. The van der Waals surface area contributed by atoms with E-state index in [0.717, 1.165) is 6.07 Å². The molecule has 174 valence electrons. The lowest BCUT2D eigenvalue weighted by molar-refractivity contribution is -0.139. The molecule has 1 aliphatic rings. The fourth-order valence-electron chi connectivity index (χ4n) is 3.23. The van der Waals surface area contributed by atoms with Gasteiger partial charge >= 0.3 is 18.0 Å². The van der Waals surface area contributed by atoms with Crippen LogP contribution in [0.1, 0.15) is 28.9 Å². The molecule has 2 amide bonds. The zero-order valence-corrected chi connectivity index (χ0v) is 18.3. The number of ether oxygens (including phenoxy) is 4. The molecule has 2 aromatic rings. The third-order valence-corrected chi connectivity index (χ3v) is 4.84. The predicted molar refractivity (Wildman–Crippen MR) is 114 cm³/mol. The van der Waals surface area contributed by atoms with Crippen molar-refractivity contribution in [3.05, 3.63) is 70.7 Å². The summed E-state index contributed by atoms with van der Waals surface area (Å²) in [7, 11) is 2.89. The molecule has 1 unspecified atom stereocenters. The molecule has 2 N–H and O–H groups in total. The van der Waals surface area contributed by atoms with Crippen LogP contribution in [0.15, 0.2) is 53.7 Å². The summed E-state index contributed by atoms with van der Waals surface area (Å²) in [6, 6.07) is 8.94. The van der Waals surface area contributed by atoms with E-state index >= 15 is 0 Å². The average molecular weight is 458 g/mol. The van der Waals surface area contributed by atoms with Crippen molar-refractivity contribution in [2.75, 3.05) is 27.4 Å². The lowest BCUT2D eigenvalue weighted by Crippen LogP contribution is -2.47. The molecule has 1 atom stereocenters. The molecule has 0 radical (unpaired) electrons. The Hall–Kier alpha value is -4.08. The Balaban J connectivity index is 1.91. The molecule has 9 nitrogen and oxygen atoms in total. The lowest BCUT2D eigenvalue weighted by Gasteiger charge is -2.29. The van der Waals surface area contributed by atoms with Crippen molar-refractivity contribution in [2.24, 2.45) is 0 Å². The van der Waals surface area contributed by atoms with Crippen molar-refractivity contribution < 1.29 is 37.7 Å². The molecule has 2 aromatic carbocycles. The molecule has 0 bridgehead atoms. The maximum atomic E-state index is 14.2. The number of rotatable bonds is 8. The second-order valence-corrected chi connectivity index (χ2v) is 6.84. The van der Waals surface area contributed by atoms with E-state index in [-0.39, 0.29) is 29.2 Å². The summed E-state index contributed by atoms with van der Waals surface area (Å²) in [6.45, 7) is 1.25. The molecular formula is C23H23FN2O7. The lowest BCUT2D eigenvalue weighted by atomic mass is 9.95. The number of carbonyl (C=O) groups is 3. The topological polar surface area (TPSA) is 112 Å². The zero-order chi connectivity index (χ0) is 24.0. The first-order valence-corrected chi connectivity index (χ1v) is 10.00. The van der Waals surface area contributed by atoms with Crippen molar-refractivity contribution in [2.45, 2.75) is 13.0 Å². The van der Waals surface area contributed by atoms with Gasteiger partial charge in [0.1, 0.15) is 23.9 Å². The molecule has 3 rings (SSSR count). The van der Waals surface area contributed by atoms with Crippen molar-refractivity contribution in [3.63, 3.8) is 0 Å². The molecule has 0 spiro atoms. The van der Waals surface area contributed by atoms with E-state index in [2.05, 4.69) is 10.6 Å². The van der Waals surface area contributed by atoms with Crippen LogP contribution in [0.5, 0.6) is 11.5 Å². The summed E-state index contributed by atoms with van der Waals surface area (Å²) < 4.78 is 34.6. The summed E-state index contributed by atoms with van der Waals surface area (Å²) in [5.41, 5.74) is 0.352. The van der Waals surface area contributed by atoms with Gasteiger partial charge in [-0.15, -0.1) is 0 Å². The van der Waals surface area contributed by atoms with E-state index in [4.69, 9.17) is 18.9 Å². The zero-order valence-electron chi connectivity index (χ0n) is 18.3. The first-order valence-electron chi connectivity index (χ1n) is 10.00. The Bertz CT molecular complexity index is 1080. The molecule has 0 saturated carbocycles. The van der Waals surface area contributed by atoms with Crippen LogP contribution >= 0.6 is 0 Å². The number of methoxy groups -OCH3 is 2. The van der Waals surface area contributed by atoms with Crippen LogP contribution < -0.4 is 20.1 Å². The summed E-state index contributed by atoms with van der Waals surface area (Å²) in [5, 5.41) is 5.15. The van der Waals surface area contributed by atoms with E-state index < -0.39 is 36.4 Å². The van der Waals surface area contributed by atoms with Gasteiger partial charge in [0.15, 0.2) is 0 Å². The van der Waals surface area contributed by atoms with Crippen LogP contribution in [0.3, 0.4) is 0 Å². The number of benzene rings is 2. The van der Waals surface area contributed by atoms with Crippen molar-refractivity contribution in [3.8, 4) is 11.5 Å². The Morgan fingerprint density at radius 2 is 1.64 bits per heavy atom. The van der Waals surface area contributed by atoms with Gasteiger partial charge in [0.25, 0.3) is 0 Å². The third kappa shape index (κ3) is 5.40. The summed E-state index contributed by atoms with van der Waals surface area (Å²) in [6.07, 6.45) is 0. The second-order valence-electron chi connectivity index (χ2n) is 6.84. The van der Waals surface area contributed by atoms with Crippen molar-refractivity contribution in [1.29, 1.82) is 0 Å². The van der Waals surface area contributed by atoms with Gasteiger partial charge < -0.3 is 29.6 Å². The fourth-order valence-corrected chi connectivity index (χ4v) is 3.23. The smallest absolute Gasteiger partial charge is 0.341 e. The maximum absolute atomic E-state index is 14.2. The molecule has 1 heterocycles. The fraction of sp³-hybridized carbons (Fsp3) is 0.261. The summed E-state index contributed by atoms with van der Waals surface area (Å²) in [5.74, 6) is -1.67. The van der Waals surface area contributed by atoms with Gasteiger partial charge in [0.05, 0.1) is 43.7 Å². The highest BCUT2D eigenvalue weighted by atomic mass is 19.1. The number of nitrogens with one attached hydrogen (secondary N) is 2. The van der Waals surface area contributed by atoms with E-state index in [1.54, 1.807) is 31.2 Å². The van der Waals surface area contributed by atoms with Gasteiger partial charge in [-0.1, -0.05) is 12.1 Å². The van der Waals surface area contributed by atoms with Gasteiger partial charge in [-0.3, -0.25) is 0 Å². The van der Waals surface area contributed by atoms with E-state index in [0.29, 0.717) is 11.3 Å². The molecule has 0 saturated heterocycles. The minimum Gasteiger partial charge on any atom is -0.497 e. The van der Waals surface area contributed by atoms with Gasteiger partial charge in [-0.2, -0.15) is 0 Å². The molecular weight excluding hydrogens is 435 g/mol. The summed E-state index contributed by atoms with van der Waals surface area (Å²) in [4.78, 5) is 37.5. The third-order valence-electron chi connectivity index (χ3n) is 4.84. The minimum atomic E-state index is -0.973. The molecule has 0 aliphatic carbocycles. The van der Waals surface area contributed by atoms with E-state index in [1.165, 1.54) is 26.4 Å². The highest BCUT2D eigenvalue weighted by Gasteiger charge is 2.34. The minimum absolute atomic E-state index is 0.0280. The molecule has 0 fully saturated rings. The largest absolute Gasteiger partial charge is 0.497 e. The molecule has 1 aliphatic heterocycles. The van der Waals surface area contributed by atoms with Gasteiger partial charge in [0.2, 0.25) is 0 Å². The highest BCUT2D eigenvalue weighted by Crippen LogP contribution is 2.29. The monoisotopic (exact) mass is 458 g/mol. The highest BCUT2D eigenvalue weighted by molar-refractivity contribution is 5.95.